The number of halogens is 6. The lowest BCUT2D eigenvalue weighted by atomic mass is 9.88. The Morgan fingerprint density at radius 1 is 0.588 bits per heavy atom. The molecule has 174 valence electrons. The van der Waals surface area contributed by atoms with Gasteiger partial charge in [-0.1, -0.05) is 24.3 Å². The van der Waals surface area contributed by atoms with Crippen molar-refractivity contribution in [3.05, 3.63) is 71.8 Å². The van der Waals surface area contributed by atoms with Gasteiger partial charge < -0.3 is 9.47 Å². The van der Waals surface area contributed by atoms with Crippen LogP contribution in [-0.4, -0.2) is 12.7 Å². The molecule has 10 heteroatoms. The summed E-state index contributed by atoms with van der Waals surface area (Å²) in [7, 11) is 0. The van der Waals surface area contributed by atoms with Gasteiger partial charge in [0.2, 0.25) is 0 Å². The lowest BCUT2D eigenvalue weighted by molar-refractivity contribution is -0.275. The zero-order valence-corrected chi connectivity index (χ0v) is 17.2. The van der Waals surface area contributed by atoms with Crippen molar-refractivity contribution < 1.29 is 35.8 Å². The Morgan fingerprint density at radius 2 is 0.912 bits per heavy atom. The number of hydrogen-bond acceptors (Lipinski definition) is 4. The highest BCUT2D eigenvalue weighted by atomic mass is 19.4. The maximum atomic E-state index is 12.4. The standard InChI is InChI=1S/C24H14F6N2O2/c25-23(26,27)33-19-5-1-15(2-6-19)21-13-18(10-12-32)22(14-17(21)9-11-31)16-3-7-20(8-4-16)34-24(28,29)30/h1-8,13-14H,9-10H2. The summed E-state index contributed by atoms with van der Waals surface area (Å²) in [5.74, 6) is -0.818. The number of nitrogens with zero attached hydrogens (tertiary/aromatic N) is 2. The average molecular weight is 476 g/mol. The molecule has 0 bridgehead atoms. The van der Waals surface area contributed by atoms with Gasteiger partial charge in [0.05, 0.1) is 25.0 Å². The fourth-order valence-electron chi connectivity index (χ4n) is 3.36. The lowest BCUT2D eigenvalue weighted by Crippen LogP contribution is -2.17. The fraction of sp³-hybridized carbons (Fsp3) is 0.167. The molecule has 0 spiro atoms. The molecular formula is C24H14F6N2O2. The summed E-state index contributed by atoms with van der Waals surface area (Å²) in [5.41, 5.74) is 3.12. The highest BCUT2D eigenvalue weighted by Crippen LogP contribution is 2.35. The minimum Gasteiger partial charge on any atom is -0.406 e. The van der Waals surface area contributed by atoms with Crippen molar-refractivity contribution in [2.75, 3.05) is 0 Å². The summed E-state index contributed by atoms with van der Waals surface area (Å²) in [6.07, 6.45) is -9.78. The maximum absolute atomic E-state index is 12.4. The van der Waals surface area contributed by atoms with Crippen LogP contribution in [0.15, 0.2) is 60.7 Å². The van der Waals surface area contributed by atoms with E-state index in [1.165, 1.54) is 24.3 Å². The second-order valence-corrected chi connectivity index (χ2v) is 6.98. The quantitative estimate of drug-likeness (QED) is 0.361. The van der Waals surface area contributed by atoms with Gasteiger partial charge in [-0.15, -0.1) is 26.3 Å². The van der Waals surface area contributed by atoms with Gasteiger partial charge >= 0.3 is 12.7 Å². The summed E-state index contributed by atoms with van der Waals surface area (Å²) < 4.78 is 82.3. The van der Waals surface area contributed by atoms with Crippen LogP contribution in [-0.2, 0) is 12.8 Å². The van der Waals surface area contributed by atoms with Crippen molar-refractivity contribution in [1.29, 1.82) is 10.5 Å². The van der Waals surface area contributed by atoms with Crippen molar-refractivity contribution in [2.24, 2.45) is 0 Å². The molecule has 0 atom stereocenters. The van der Waals surface area contributed by atoms with Crippen molar-refractivity contribution >= 4 is 0 Å². The number of nitriles is 2. The number of ether oxygens (including phenoxy) is 2. The van der Waals surface area contributed by atoms with E-state index >= 15 is 0 Å². The molecule has 0 aliphatic rings. The minimum atomic E-state index is -4.84. The predicted octanol–water partition coefficient (Wildman–Crippen LogP) is 6.95. The van der Waals surface area contributed by atoms with E-state index in [4.69, 9.17) is 0 Å². The van der Waals surface area contributed by atoms with Crippen LogP contribution in [0.4, 0.5) is 26.3 Å². The molecule has 0 fully saturated rings. The summed E-state index contributed by atoms with van der Waals surface area (Å²) in [4.78, 5) is 0. The molecule has 0 saturated carbocycles. The molecule has 0 heterocycles. The zero-order chi connectivity index (χ0) is 24.9. The van der Waals surface area contributed by atoms with Crippen LogP contribution >= 0.6 is 0 Å². The second kappa shape index (κ2) is 9.75. The summed E-state index contributed by atoms with van der Waals surface area (Å²) in [6, 6.07) is 17.5. The molecule has 0 aliphatic heterocycles. The number of benzene rings is 3. The van der Waals surface area contributed by atoms with Gasteiger partial charge in [-0.25, -0.2) is 0 Å². The molecule has 3 rings (SSSR count). The van der Waals surface area contributed by atoms with Crippen LogP contribution < -0.4 is 9.47 Å². The van der Waals surface area contributed by atoms with Crippen LogP contribution in [0.1, 0.15) is 11.1 Å². The predicted molar refractivity (Wildman–Crippen MR) is 109 cm³/mol. The largest absolute Gasteiger partial charge is 0.573 e. The zero-order valence-electron chi connectivity index (χ0n) is 17.2. The number of rotatable bonds is 6. The van der Waals surface area contributed by atoms with Gasteiger partial charge in [-0.2, -0.15) is 10.5 Å². The van der Waals surface area contributed by atoms with E-state index in [2.05, 4.69) is 9.47 Å². The molecule has 0 aliphatic carbocycles. The van der Waals surface area contributed by atoms with Gasteiger partial charge in [0.1, 0.15) is 11.5 Å². The second-order valence-electron chi connectivity index (χ2n) is 6.98. The third-order valence-electron chi connectivity index (χ3n) is 4.67. The molecular weight excluding hydrogens is 462 g/mol. The van der Waals surface area contributed by atoms with Crippen molar-refractivity contribution in [3.63, 3.8) is 0 Å². The van der Waals surface area contributed by atoms with Crippen molar-refractivity contribution in [2.45, 2.75) is 25.6 Å². The minimum absolute atomic E-state index is 0.0504. The van der Waals surface area contributed by atoms with E-state index in [0.29, 0.717) is 33.4 Å². The SMILES string of the molecule is N#CCc1cc(-c2ccc(OC(F)(F)F)cc2)c(CC#N)cc1-c1ccc(OC(F)(F)F)cc1. The van der Waals surface area contributed by atoms with Crippen molar-refractivity contribution in [1.82, 2.24) is 0 Å². The van der Waals surface area contributed by atoms with Gasteiger partial charge in [0, 0.05) is 0 Å². The molecule has 3 aromatic rings. The molecule has 4 nitrogen and oxygen atoms in total. The van der Waals surface area contributed by atoms with E-state index in [1.54, 1.807) is 12.1 Å². The van der Waals surface area contributed by atoms with Crippen molar-refractivity contribution in [3.8, 4) is 45.9 Å². The fourth-order valence-corrected chi connectivity index (χ4v) is 3.36. The van der Waals surface area contributed by atoms with Gasteiger partial charge in [-0.05, 0) is 69.8 Å². The maximum Gasteiger partial charge on any atom is 0.573 e. The summed E-state index contributed by atoms with van der Waals surface area (Å²) in [5, 5.41) is 18.5. The van der Waals surface area contributed by atoms with Crippen LogP contribution in [0, 0.1) is 22.7 Å². The van der Waals surface area contributed by atoms with Gasteiger partial charge in [-0.3, -0.25) is 0 Å². The van der Waals surface area contributed by atoms with Crippen LogP contribution in [0.25, 0.3) is 22.3 Å². The van der Waals surface area contributed by atoms with E-state index in [1.807, 2.05) is 12.1 Å². The number of hydrogen-bond donors (Lipinski definition) is 0. The first kappa shape index (κ1) is 24.5. The van der Waals surface area contributed by atoms with E-state index in [0.717, 1.165) is 24.3 Å². The average Bonchev–Trinajstić information content (AvgIpc) is 2.74. The van der Waals surface area contributed by atoms with Gasteiger partial charge in [0.15, 0.2) is 0 Å². The lowest BCUT2D eigenvalue weighted by Gasteiger charge is -2.16. The Kier molecular flexibility index (Phi) is 7.02. The Labute approximate surface area is 190 Å². The third kappa shape index (κ3) is 6.42. The normalized spacial score (nSPS) is 11.4. The summed E-state index contributed by atoms with van der Waals surface area (Å²) in [6.45, 7) is 0. The highest BCUT2D eigenvalue weighted by molar-refractivity contribution is 5.77. The first-order valence-electron chi connectivity index (χ1n) is 9.61. The topological polar surface area (TPSA) is 66.0 Å². The molecule has 0 amide bonds. The Morgan fingerprint density at radius 3 is 1.18 bits per heavy atom. The van der Waals surface area contributed by atoms with E-state index < -0.39 is 24.2 Å². The van der Waals surface area contributed by atoms with E-state index in [9.17, 15) is 36.9 Å². The Bertz CT molecular complexity index is 1140. The molecule has 0 N–H and O–H groups in total. The van der Waals surface area contributed by atoms with Crippen LogP contribution in [0.3, 0.4) is 0 Å². The first-order chi connectivity index (χ1) is 16.0. The van der Waals surface area contributed by atoms with E-state index in [-0.39, 0.29) is 12.8 Å². The molecule has 0 unspecified atom stereocenters. The monoisotopic (exact) mass is 476 g/mol. The van der Waals surface area contributed by atoms with Gasteiger partial charge in [0.25, 0.3) is 0 Å². The molecule has 34 heavy (non-hydrogen) atoms. The Hall–Kier alpha value is -4.18. The molecule has 3 aromatic carbocycles. The number of alkyl halides is 6. The third-order valence-corrected chi connectivity index (χ3v) is 4.67. The highest BCUT2D eigenvalue weighted by Gasteiger charge is 2.31. The first-order valence-corrected chi connectivity index (χ1v) is 9.61. The van der Waals surface area contributed by atoms with Crippen LogP contribution in [0.5, 0.6) is 11.5 Å². The Balaban J connectivity index is 2.04. The summed E-state index contributed by atoms with van der Waals surface area (Å²) >= 11 is 0. The molecule has 0 aromatic heterocycles. The molecule has 0 radical (unpaired) electrons. The molecule has 0 saturated heterocycles. The van der Waals surface area contributed by atoms with Crippen LogP contribution in [0.2, 0.25) is 0 Å². The smallest absolute Gasteiger partial charge is 0.406 e.